The summed E-state index contributed by atoms with van der Waals surface area (Å²) in [6.45, 7) is 7.83. The van der Waals surface area contributed by atoms with Crippen molar-refractivity contribution in [1.82, 2.24) is 5.32 Å². The zero-order valence-electron chi connectivity index (χ0n) is 12.0. The number of hydrogen-bond acceptors (Lipinski definition) is 1. The first-order valence-electron chi connectivity index (χ1n) is 7.14. The smallest absolute Gasteiger partial charge is 0.0640 e. The zero-order valence-corrected chi connectivity index (χ0v) is 13.5. The molecule has 1 aliphatic carbocycles. The van der Waals surface area contributed by atoms with Crippen molar-refractivity contribution >= 4 is 23.2 Å². The van der Waals surface area contributed by atoms with Crippen molar-refractivity contribution in [3.63, 3.8) is 0 Å². The minimum Gasteiger partial charge on any atom is -0.310 e. The standard InChI is InChI=1S/C16H23Cl2N/c1-4-19-15(12-8-6-10-16(12,2)3)11-7-5-9-13(17)14(11)18/h5,7,9,12,15,19H,4,6,8,10H2,1-3H3. The largest absolute Gasteiger partial charge is 0.310 e. The first kappa shape index (κ1) is 15.2. The van der Waals surface area contributed by atoms with Gasteiger partial charge in [0.15, 0.2) is 0 Å². The van der Waals surface area contributed by atoms with Crippen LogP contribution in [0.15, 0.2) is 18.2 Å². The van der Waals surface area contributed by atoms with Crippen molar-refractivity contribution in [1.29, 1.82) is 0 Å². The number of halogens is 2. The first-order chi connectivity index (χ1) is 8.97. The average molecular weight is 300 g/mol. The maximum atomic E-state index is 6.42. The van der Waals surface area contributed by atoms with Crippen LogP contribution in [0.4, 0.5) is 0 Å². The van der Waals surface area contributed by atoms with Gasteiger partial charge >= 0.3 is 0 Å². The fourth-order valence-corrected chi connectivity index (χ4v) is 3.85. The maximum Gasteiger partial charge on any atom is 0.0640 e. The number of benzene rings is 1. The lowest BCUT2D eigenvalue weighted by Gasteiger charge is -2.35. The van der Waals surface area contributed by atoms with Gasteiger partial charge in [0.25, 0.3) is 0 Å². The van der Waals surface area contributed by atoms with Crippen LogP contribution in [0, 0.1) is 11.3 Å². The molecule has 3 heteroatoms. The molecule has 2 unspecified atom stereocenters. The summed E-state index contributed by atoms with van der Waals surface area (Å²) in [6, 6.07) is 6.26. The Bertz CT molecular complexity index is 442. The second kappa shape index (κ2) is 6.03. The second-order valence-electron chi connectivity index (χ2n) is 6.17. The van der Waals surface area contributed by atoms with E-state index < -0.39 is 0 Å². The van der Waals surface area contributed by atoms with Gasteiger partial charge in [-0.1, -0.05) is 62.5 Å². The normalized spacial score (nSPS) is 23.5. The van der Waals surface area contributed by atoms with Gasteiger partial charge in [-0.25, -0.2) is 0 Å². The Morgan fingerprint density at radius 3 is 2.68 bits per heavy atom. The van der Waals surface area contributed by atoms with Crippen LogP contribution < -0.4 is 5.32 Å². The van der Waals surface area contributed by atoms with Crippen LogP contribution >= 0.6 is 23.2 Å². The van der Waals surface area contributed by atoms with Crippen molar-refractivity contribution in [3.8, 4) is 0 Å². The van der Waals surface area contributed by atoms with E-state index in [4.69, 9.17) is 23.2 Å². The molecule has 1 fully saturated rings. The second-order valence-corrected chi connectivity index (χ2v) is 6.95. The summed E-state index contributed by atoms with van der Waals surface area (Å²) in [6.07, 6.45) is 3.85. The molecule has 19 heavy (non-hydrogen) atoms. The zero-order chi connectivity index (χ0) is 14.0. The quantitative estimate of drug-likeness (QED) is 0.777. The van der Waals surface area contributed by atoms with E-state index in [2.05, 4.69) is 32.2 Å². The molecule has 0 bridgehead atoms. The Morgan fingerprint density at radius 2 is 2.11 bits per heavy atom. The molecule has 1 N–H and O–H groups in total. The number of nitrogens with one attached hydrogen (secondary N) is 1. The molecule has 0 saturated heterocycles. The van der Waals surface area contributed by atoms with Gasteiger partial charge in [0.1, 0.15) is 0 Å². The van der Waals surface area contributed by atoms with Gasteiger partial charge < -0.3 is 5.32 Å². The molecule has 1 aliphatic rings. The van der Waals surface area contributed by atoms with Gasteiger partial charge in [-0.2, -0.15) is 0 Å². The highest BCUT2D eigenvalue weighted by Gasteiger charge is 2.40. The van der Waals surface area contributed by atoms with Crippen LogP contribution in [0.3, 0.4) is 0 Å². The molecule has 0 aliphatic heterocycles. The number of rotatable bonds is 4. The SMILES string of the molecule is CCNC(c1cccc(Cl)c1Cl)C1CCCC1(C)C. The Hall–Kier alpha value is -0.240. The highest BCUT2D eigenvalue weighted by molar-refractivity contribution is 6.42. The summed E-state index contributed by atoms with van der Waals surface area (Å²) < 4.78 is 0. The van der Waals surface area contributed by atoms with E-state index >= 15 is 0 Å². The van der Waals surface area contributed by atoms with Crippen molar-refractivity contribution < 1.29 is 0 Å². The van der Waals surface area contributed by atoms with Crippen molar-refractivity contribution in [3.05, 3.63) is 33.8 Å². The highest BCUT2D eigenvalue weighted by atomic mass is 35.5. The van der Waals surface area contributed by atoms with E-state index in [1.807, 2.05) is 12.1 Å². The van der Waals surface area contributed by atoms with Gasteiger partial charge in [0, 0.05) is 6.04 Å². The van der Waals surface area contributed by atoms with E-state index in [-0.39, 0.29) is 0 Å². The topological polar surface area (TPSA) is 12.0 Å². The molecule has 2 atom stereocenters. The third kappa shape index (κ3) is 3.09. The van der Waals surface area contributed by atoms with E-state index in [0.29, 0.717) is 27.4 Å². The Balaban J connectivity index is 2.37. The fraction of sp³-hybridized carbons (Fsp3) is 0.625. The molecule has 1 aromatic carbocycles. The predicted octanol–water partition coefficient (Wildman–Crippen LogP) is 5.47. The molecule has 1 saturated carbocycles. The molecule has 0 radical (unpaired) electrons. The fourth-order valence-electron chi connectivity index (χ4n) is 3.42. The average Bonchev–Trinajstić information content (AvgIpc) is 2.70. The first-order valence-corrected chi connectivity index (χ1v) is 7.90. The lowest BCUT2D eigenvalue weighted by Crippen LogP contribution is -2.34. The third-order valence-corrected chi connectivity index (χ3v) is 5.32. The minimum absolute atomic E-state index is 0.300. The summed E-state index contributed by atoms with van der Waals surface area (Å²) in [7, 11) is 0. The van der Waals surface area contributed by atoms with Crippen molar-refractivity contribution in [2.45, 2.75) is 46.1 Å². The third-order valence-electron chi connectivity index (χ3n) is 4.48. The summed E-state index contributed by atoms with van der Waals surface area (Å²) >= 11 is 12.6. The Labute approximate surface area is 126 Å². The van der Waals surface area contributed by atoms with Crippen LogP contribution in [0.2, 0.25) is 10.0 Å². The van der Waals surface area contributed by atoms with E-state index in [0.717, 1.165) is 12.1 Å². The predicted molar refractivity (Wildman–Crippen MR) is 84.0 cm³/mol. The molecular weight excluding hydrogens is 277 g/mol. The van der Waals surface area contributed by atoms with Gasteiger partial charge in [-0.05, 0) is 42.3 Å². The lowest BCUT2D eigenvalue weighted by atomic mass is 9.75. The summed E-state index contributed by atoms with van der Waals surface area (Å²) in [4.78, 5) is 0. The van der Waals surface area contributed by atoms with Gasteiger partial charge in [-0.15, -0.1) is 0 Å². The highest BCUT2D eigenvalue weighted by Crippen LogP contribution is 2.50. The molecule has 0 amide bonds. The van der Waals surface area contributed by atoms with Crippen LogP contribution in [-0.4, -0.2) is 6.54 Å². The maximum absolute atomic E-state index is 6.42. The van der Waals surface area contributed by atoms with E-state index in [9.17, 15) is 0 Å². The molecule has 0 spiro atoms. The van der Waals surface area contributed by atoms with Gasteiger partial charge in [0.05, 0.1) is 10.0 Å². The van der Waals surface area contributed by atoms with Crippen LogP contribution in [0.25, 0.3) is 0 Å². The van der Waals surface area contributed by atoms with E-state index in [1.165, 1.54) is 19.3 Å². The Kier molecular flexibility index (Phi) is 4.81. The van der Waals surface area contributed by atoms with Crippen molar-refractivity contribution in [2.75, 3.05) is 6.54 Å². The number of hydrogen-bond donors (Lipinski definition) is 1. The molecule has 106 valence electrons. The summed E-state index contributed by atoms with van der Waals surface area (Å²) in [5.74, 6) is 0.614. The van der Waals surface area contributed by atoms with E-state index in [1.54, 1.807) is 0 Å². The summed E-state index contributed by atoms with van der Waals surface area (Å²) in [5, 5.41) is 4.98. The molecule has 0 heterocycles. The lowest BCUT2D eigenvalue weighted by molar-refractivity contribution is 0.199. The summed E-state index contributed by atoms with van der Waals surface area (Å²) in [5.41, 5.74) is 1.51. The van der Waals surface area contributed by atoms with Crippen molar-refractivity contribution in [2.24, 2.45) is 11.3 Å². The Morgan fingerprint density at radius 1 is 1.37 bits per heavy atom. The molecule has 2 rings (SSSR count). The monoisotopic (exact) mass is 299 g/mol. The molecule has 1 aromatic rings. The minimum atomic E-state index is 0.300. The van der Waals surface area contributed by atoms with Crippen LogP contribution in [-0.2, 0) is 0 Å². The molecular formula is C16H23Cl2N. The van der Waals surface area contributed by atoms with Gasteiger partial charge in [0.2, 0.25) is 0 Å². The van der Waals surface area contributed by atoms with Crippen LogP contribution in [0.1, 0.15) is 51.6 Å². The van der Waals surface area contributed by atoms with Gasteiger partial charge in [-0.3, -0.25) is 0 Å². The molecule has 1 nitrogen and oxygen atoms in total. The molecule has 0 aromatic heterocycles. The van der Waals surface area contributed by atoms with Crippen LogP contribution in [0.5, 0.6) is 0 Å².